The number of benzene rings is 3. The highest BCUT2D eigenvalue weighted by molar-refractivity contribution is 7.80. The van der Waals surface area contributed by atoms with E-state index in [1.165, 1.54) is 19.2 Å². The normalized spacial score (nSPS) is 10.7. The van der Waals surface area contributed by atoms with E-state index in [2.05, 4.69) is 15.6 Å². The Labute approximate surface area is 199 Å². The average molecular weight is 477 g/mol. The number of hydrogen-bond acceptors (Lipinski definition) is 7. The summed E-state index contributed by atoms with van der Waals surface area (Å²) in [4.78, 5) is 27.6. The molecular formula is C24H20N4O5S. The van der Waals surface area contributed by atoms with Gasteiger partial charge in [-0.05, 0) is 85.7 Å². The van der Waals surface area contributed by atoms with Crippen molar-refractivity contribution in [3.8, 4) is 17.2 Å². The first-order valence-corrected chi connectivity index (χ1v) is 10.6. The number of nitro benzene ring substituents is 1. The van der Waals surface area contributed by atoms with E-state index in [-0.39, 0.29) is 22.1 Å². The summed E-state index contributed by atoms with van der Waals surface area (Å²) in [6.07, 6.45) is 0. The summed E-state index contributed by atoms with van der Waals surface area (Å²) < 4.78 is 10.8. The average Bonchev–Trinajstić information content (AvgIpc) is 3.21. The van der Waals surface area contributed by atoms with Crippen LogP contribution in [0.25, 0.3) is 22.6 Å². The molecule has 0 spiro atoms. The second-order valence-electron chi connectivity index (χ2n) is 7.55. The van der Waals surface area contributed by atoms with Crippen LogP contribution < -0.4 is 15.4 Å². The van der Waals surface area contributed by atoms with Gasteiger partial charge < -0.3 is 14.5 Å². The van der Waals surface area contributed by atoms with Crippen molar-refractivity contribution < 1.29 is 18.9 Å². The summed E-state index contributed by atoms with van der Waals surface area (Å²) in [5.74, 6) is -0.0213. The third-order valence-electron chi connectivity index (χ3n) is 5.26. The van der Waals surface area contributed by atoms with Gasteiger partial charge in [-0.15, -0.1) is 0 Å². The van der Waals surface area contributed by atoms with E-state index in [0.29, 0.717) is 11.6 Å². The molecule has 10 heteroatoms. The quantitative estimate of drug-likeness (QED) is 0.230. The highest BCUT2D eigenvalue weighted by Gasteiger charge is 2.19. The molecule has 0 aliphatic heterocycles. The van der Waals surface area contributed by atoms with Gasteiger partial charge in [-0.1, -0.05) is 0 Å². The molecule has 0 aliphatic carbocycles. The molecule has 1 amide bonds. The zero-order valence-corrected chi connectivity index (χ0v) is 19.4. The Balaban J connectivity index is 1.43. The maximum atomic E-state index is 12.5. The second kappa shape index (κ2) is 9.28. The Hall–Kier alpha value is -4.31. The Morgan fingerprint density at radius 2 is 1.79 bits per heavy atom. The Bertz CT molecular complexity index is 1390. The Kier molecular flexibility index (Phi) is 6.24. The Morgan fingerprint density at radius 3 is 2.47 bits per heavy atom. The monoisotopic (exact) mass is 476 g/mol. The molecule has 0 radical (unpaired) electrons. The van der Waals surface area contributed by atoms with E-state index < -0.39 is 10.8 Å². The molecule has 4 rings (SSSR count). The molecule has 0 bridgehead atoms. The number of rotatable bonds is 5. The van der Waals surface area contributed by atoms with Crippen molar-refractivity contribution in [1.29, 1.82) is 0 Å². The zero-order valence-electron chi connectivity index (χ0n) is 18.5. The van der Waals surface area contributed by atoms with Gasteiger partial charge in [0, 0.05) is 22.9 Å². The lowest BCUT2D eigenvalue weighted by molar-refractivity contribution is -0.385. The molecule has 1 aromatic heterocycles. The first kappa shape index (κ1) is 22.9. The SMILES string of the molecule is COc1ccc(C(=O)NC(=S)Nc2ccc(-c3nc4cc(C)c(C)cc4o3)cc2)cc1[N+](=O)[O-]. The number of fused-ring (bicyclic) bond motifs is 1. The van der Waals surface area contributed by atoms with Crippen LogP contribution in [0.15, 0.2) is 59.0 Å². The summed E-state index contributed by atoms with van der Waals surface area (Å²) in [6.45, 7) is 4.05. The van der Waals surface area contributed by atoms with Crippen molar-refractivity contribution in [3.63, 3.8) is 0 Å². The molecule has 0 fully saturated rings. The van der Waals surface area contributed by atoms with Gasteiger partial charge in [0.1, 0.15) is 5.52 Å². The van der Waals surface area contributed by atoms with E-state index in [0.717, 1.165) is 33.9 Å². The fraction of sp³-hybridized carbons (Fsp3) is 0.125. The summed E-state index contributed by atoms with van der Waals surface area (Å²) >= 11 is 5.21. The van der Waals surface area contributed by atoms with E-state index in [1.807, 2.05) is 38.1 Å². The van der Waals surface area contributed by atoms with Crippen molar-refractivity contribution in [2.24, 2.45) is 0 Å². The van der Waals surface area contributed by atoms with E-state index >= 15 is 0 Å². The van der Waals surface area contributed by atoms with Crippen LogP contribution in [0.4, 0.5) is 11.4 Å². The van der Waals surface area contributed by atoms with Crippen LogP contribution >= 0.6 is 12.2 Å². The van der Waals surface area contributed by atoms with Crippen molar-refractivity contribution in [3.05, 3.63) is 81.4 Å². The van der Waals surface area contributed by atoms with Gasteiger partial charge in [-0.3, -0.25) is 20.2 Å². The lowest BCUT2D eigenvalue weighted by Gasteiger charge is -2.10. The summed E-state index contributed by atoms with van der Waals surface area (Å²) in [7, 11) is 1.32. The van der Waals surface area contributed by atoms with Crippen molar-refractivity contribution in [1.82, 2.24) is 10.3 Å². The fourth-order valence-corrected chi connectivity index (χ4v) is 3.52. The number of amides is 1. The first-order valence-electron chi connectivity index (χ1n) is 10.2. The van der Waals surface area contributed by atoms with Gasteiger partial charge in [0.05, 0.1) is 12.0 Å². The number of hydrogen-bond donors (Lipinski definition) is 2. The van der Waals surface area contributed by atoms with Crippen molar-refractivity contribution >= 4 is 45.7 Å². The molecule has 0 unspecified atom stereocenters. The number of nitrogens with one attached hydrogen (secondary N) is 2. The largest absolute Gasteiger partial charge is 0.490 e. The molecule has 172 valence electrons. The van der Waals surface area contributed by atoms with Crippen LogP contribution in [0.2, 0.25) is 0 Å². The number of thiocarbonyl (C=S) groups is 1. The minimum absolute atomic E-state index is 0.0454. The third kappa shape index (κ3) is 4.71. The molecular weight excluding hydrogens is 456 g/mol. The standard InChI is InChI=1S/C24H20N4O5S/c1-13-10-18-21(11-14(13)2)33-23(26-18)15-4-7-17(8-5-15)25-24(34)27-22(29)16-6-9-20(32-3)19(12-16)28(30)31/h4-12H,1-3H3,(H2,25,27,29,34). The number of anilines is 1. The maximum absolute atomic E-state index is 12.5. The second-order valence-corrected chi connectivity index (χ2v) is 7.96. The van der Waals surface area contributed by atoms with Crippen LogP contribution in [0.3, 0.4) is 0 Å². The van der Waals surface area contributed by atoms with Gasteiger partial charge in [0.25, 0.3) is 5.91 Å². The van der Waals surface area contributed by atoms with Gasteiger partial charge in [-0.2, -0.15) is 0 Å². The molecule has 0 saturated carbocycles. The van der Waals surface area contributed by atoms with Gasteiger partial charge in [0.15, 0.2) is 16.4 Å². The molecule has 2 N–H and O–H groups in total. The number of ether oxygens (including phenoxy) is 1. The van der Waals surface area contributed by atoms with Crippen LogP contribution in [-0.2, 0) is 0 Å². The Morgan fingerprint density at radius 1 is 1.09 bits per heavy atom. The highest BCUT2D eigenvalue weighted by Crippen LogP contribution is 2.28. The lowest BCUT2D eigenvalue weighted by atomic mass is 10.1. The van der Waals surface area contributed by atoms with Crippen LogP contribution in [0.1, 0.15) is 21.5 Å². The number of carbonyl (C=O) groups is 1. The number of carbonyl (C=O) groups excluding carboxylic acids is 1. The molecule has 34 heavy (non-hydrogen) atoms. The van der Waals surface area contributed by atoms with Crippen LogP contribution in [-0.4, -0.2) is 28.0 Å². The molecule has 9 nitrogen and oxygen atoms in total. The minimum Gasteiger partial charge on any atom is -0.490 e. The van der Waals surface area contributed by atoms with E-state index in [4.69, 9.17) is 21.4 Å². The molecule has 0 saturated heterocycles. The lowest BCUT2D eigenvalue weighted by Crippen LogP contribution is -2.34. The minimum atomic E-state index is -0.618. The number of nitrogens with zero attached hydrogens (tertiary/aromatic N) is 2. The van der Waals surface area contributed by atoms with Crippen LogP contribution in [0, 0.1) is 24.0 Å². The van der Waals surface area contributed by atoms with Crippen LogP contribution in [0.5, 0.6) is 5.75 Å². The number of oxazole rings is 1. The summed E-state index contributed by atoms with van der Waals surface area (Å²) in [6, 6.07) is 15.1. The van der Waals surface area contributed by atoms with E-state index in [1.54, 1.807) is 12.1 Å². The zero-order chi connectivity index (χ0) is 24.4. The first-order chi connectivity index (χ1) is 16.2. The molecule has 0 atom stereocenters. The number of aryl methyl sites for hydroxylation is 2. The van der Waals surface area contributed by atoms with Crippen molar-refractivity contribution in [2.45, 2.75) is 13.8 Å². The summed E-state index contributed by atoms with van der Waals surface area (Å²) in [5.41, 5.74) is 4.99. The molecule has 4 aromatic rings. The van der Waals surface area contributed by atoms with Gasteiger partial charge >= 0.3 is 5.69 Å². The maximum Gasteiger partial charge on any atom is 0.311 e. The highest BCUT2D eigenvalue weighted by atomic mass is 32.1. The molecule has 0 aliphatic rings. The number of aromatic nitrogens is 1. The third-order valence-corrected chi connectivity index (χ3v) is 5.46. The topological polar surface area (TPSA) is 120 Å². The predicted molar refractivity (Wildman–Crippen MR) is 132 cm³/mol. The smallest absolute Gasteiger partial charge is 0.311 e. The fourth-order valence-electron chi connectivity index (χ4n) is 3.31. The number of methoxy groups -OCH3 is 1. The molecule has 1 heterocycles. The van der Waals surface area contributed by atoms with Crippen molar-refractivity contribution in [2.75, 3.05) is 12.4 Å². The summed E-state index contributed by atoms with van der Waals surface area (Å²) in [5, 5.41) is 16.6. The van der Waals surface area contributed by atoms with E-state index in [9.17, 15) is 14.9 Å². The molecule has 3 aromatic carbocycles. The van der Waals surface area contributed by atoms with Gasteiger partial charge in [0.2, 0.25) is 5.89 Å². The number of nitro groups is 1. The predicted octanol–water partition coefficient (Wildman–Crippen LogP) is 5.16. The van der Waals surface area contributed by atoms with Gasteiger partial charge in [-0.25, -0.2) is 4.98 Å².